The number of aromatic nitrogens is 3. The van der Waals surface area contributed by atoms with Gasteiger partial charge in [0.05, 0.1) is 6.20 Å². The summed E-state index contributed by atoms with van der Waals surface area (Å²) in [7, 11) is 0. The summed E-state index contributed by atoms with van der Waals surface area (Å²) in [5.41, 5.74) is 0.317. The number of hydrogen-bond acceptors (Lipinski definition) is 5. The highest BCUT2D eigenvalue weighted by Crippen LogP contribution is 2.35. The highest BCUT2D eigenvalue weighted by Gasteiger charge is 2.38. The number of rotatable bonds is 7. The molecule has 0 bridgehead atoms. The van der Waals surface area contributed by atoms with Crippen molar-refractivity contribution in [2.45, 2.75) is 57.0 Å². The van der Waals surface area contributed by atoms with Gasteiger partial charge in [-0.25, -0.2) is 0 Å². The van der Waals surface area contributed by atoms with E-state index in [9.17, 15) is 9.59 Å². The van der Waals surface area contributed by atoms with Gasteiger partial charge >= 0.3 is 0 Å². The molecule has 0 unspecified atom stereocenters. The molecule has 4 rings (SSSR count). The van der Waals surface area contributed by atoms with Gasteiger partial charge in [0.25, 0.3) is 5.91 Å². The molecule has 2 saturated heterocycles. The molecule has 2 amide bonds. The molecule has 3 heterocycles. The number of amides is 2. The fraction of sp³-hybridized carbons (Fsp3) is 0.778. The van der Waals surface area contributed by atoms with Gasteiger partial charge in [0.2, 0.25) is 5.91 Å². The molecule has 2 aliphatic heterocycles. The standard InChI is InChI=1S/C18H28N6O2/c25-17(23-7-1-2-8-23)9-14-5-6-15(24(14)12-13-3-4-13)10-19-18(26)16-11-20-22-21-16/h11,13-15H,1-10,12H2,(H,19,26)(H,20,21,22)/t14-,15+/m1/s1. The minimum Gasteiger partial charge on any atom is -0.349 e. The van der Waals surface area contributed by atoms with Crippen molar-refractivity contribution in [3.63, 3.8) is 0 Å². The number of carbonyl (C=O) groups is 2. The number of hydrogen-bond donors (Lipinski definition) is 2. The van der Waals surface area contributed by atoms with Crippen molar-refractivity contribution in [3.8, 4) is 0 Å². The molecule has 8 heteroatoms. The topological polar surface area (TPSA) is 94.2 Å². The third-order valence-corrected chi connectivity index (χ3v) is 5.95. The molecule has 1 aliphatic carbocycles. The fourth-order valence-electron chi connectivity index (χ4n) is 4.26. The molecule has 1 aromatic rings. The van der Waals surface area contributed by atoms with Crippen molar-refractivity contribution < 1.29 is 9.59 Å². The Bertz CT molecular complexity index is 624. The Morgan fingerprint density at radius 1 is 1.15 bits per heavy atom. The van der Waals surface area contributed by atoms with Crippen molar-refractivity contribution in [2.75, 3.05) is 26.2 Å². The van der Waals surface area contributed by atoms with Crippen LogP contribution in [0, 0.1) is 5.92 Å². The first-order valence-corrected chi connectivity index (χ1v) is 9.88. The Labute approximate surface area is 153 Å². The Morgan fingerprint density at radius 2 is 1.92 bits per heavy atom. The van der Waals surface area contributed by atoms with E-state index in [0.717, 1.165) is 51.2 Å². The van der Waals surface area contributed by atoms with E-state index < -0.39 is 0 Å². The summed E-state index contributed by atoms with van der Waals surface area (Å²) in [5.74, 6) is 0.883. The van der Waals surface area contributed by atoms with E-state index >= 15 is 0 Å². The molecule has 1 saturated carbocycles. The van der Waals surface area contributed by atoms with E-state index in [-0.39, 0.29) is 5.91 Å². The SMILES string of the molecule is O=C(NC[C@@H]1CC[C@H](CC(=O)N2CCCC2)N1CC1CC1)c1cn[nH]n1. The second kappa shape index (κ2) is 7.73. The summed E-state index contributed by atoms with van der Waals surface area (Å²) in [6.07, 6.45) is 8.99. The predicted octanol–water partition coefficient (Wildman–Crippen LogP) is 0.790. The monoisotopic (exact) mass is 360 g/mol. The molecule has 3 fully saturated rings. The zero-order chi connectivity index (χ0) is 17.9. The van der Waals surface area contributed by atoms with Crippen LogP contribution in [0.1, 0.15) is 55.4 Å². The van der Waals surface area contributed by atoms with Crippen LogP contribution in [-0.2, 0) is 4.79 Å². The third kappa shape index (κ3) is 4.06. The molecule has 0 spiro atoms. The lowest BCUT2D eigenvalue weighted by atomic mass is 10.1. The largest absolute Gasteiger partial charge is 0.349 e. The summed E-state index contributed by atoms with van der Waals surface area (Å²) in [5, 5.41) is 12.9. The highest BCUT2D eigenvalue weighted by molar-refractivity contribution is 5.91. The van der Waals surface area contributed by atoms with Crippen LogP contribution in [0.4, 0.5) is 0 Å². The van der Waals surface area contributed by atoms with Crippen molar-refractivity contribution in [1.29, 1.82) is 0 Å². The lowest BCUT2D eigenvalue weighted by Crippen LogP contribution is -2.45. The van der Waals surface area contributed by atoms with Crippen LogP contribution in [0.3, 0.4) is 0 Å². The van der Waals surface area contributed by atoms with Crippen LogP contribution < -0.4 is 5.32 Å². The zero-order valence-electron chi connectivity index (χ0n) is 15.2. The summed E-state index contributed by atoms with van der Waals surface area (Å²) in [4.78, 5) is 29.2. The maximum absolute atomic E-state index is 12.6. The predicted molar refractivity (Wildman–Crippen MR) is 95.4 cm³/mol. The van der Waals surface area contributed by atoms with Crippen molar-refractivity contribution in [1.82, 2.24) is 30.5 Å². The van der Waals surface area contributed by atoms with Gasteiger partial charge < -0.3 is 10.2 Å². The molecule has 142 valence electrons. The van der Waals surface area contributed by atoms with Gasteiger partial charge in [-0.15, -0.1) is 0 Å². The van der Waals surface area contributed by atoms with Gasteiger partial charge in [0, 0.05) is 44.7 Å². The lowest BCUT2D eigenvalue weighted by Gasteiger charge is -2.31. The van der Waals surface area contributed by atoms with Crippen molar-refractivity contribution in [3.05, 3.63) is 11.9 Å². The van der Waals surface area contributed by atoms with Gasteiger partial charge in [0.15, 0.2) is 5.69 Å². The molecular weight excluding hydrogens is 332 g/mol. The van der Waals surface area contributed by atoms with Crippen LogP contribution in [-0.4, -0.2) is 75.3 Å². The van der Waals surface area contributed by atoms with E-state index in [2.05, 4.69) is 25.6 Å². The maximum atomic E-state index is 12.6. The lowest BCUT2D eigenvalue weighted by molar-refractivity contribution is -0.131. The van der Waals surface area contributed by atoms with Crippen LogP contribution in [0.5, 0.6) is 0 Å². The fourth-order valence-corrected chi connectivity index (χ4v) is 4.26. The number of aromatic amines is 1. The van der Waals surface area contributed by atoms with E-state index in [0.29, 0.717) is 36.7 Å². The van der Waals surface area contributed by atoms with E-state index in [1.54, 1.807) is 0 Å². The van der Waals surface area contributed by atoms with Gasteiger partial charge in [0.1, 0.15) is 0 Å². The third-order valence-electron chi connectivity index (χ3n) is 5.95. The number of carbonyl (C=O) groups excluding carboxylic acids is 2. The Hall–Kier alpha value is -1.96. The minimum atomic E-state index is -0.193. The molecular formula is C18H28N6O2. The number of nitrogens with one attached hydrogen (secondary N) is 2. The number of likely N-dealkylation sites (tertiary alicyclic amines) is 2. The molecule has 1 aromatic heterocycles. The average Bonchev–Trinajstić information content (AvgIpc) is 3.08. The summed E-state index contributed by atoms with van der Waals surface area (Å²) in [6, 6.07) is 0.625. The normalized spacial score (nSPS) is 26.4. The zero-order valence-corrected chi connectivity index (χ0v) is 15.2. The number of nitrogens with zero attached hydrogens (tertiary/aromatic N) is 4. The first-order chi connectivity index (χ1) is 12.7. The Balaban J connectivity index is 1.33. The Morgan fingerprint density at radius 3 is 2.62 bits per heavy atom. The maximum Gasteiger partial charge on any atom is 0.273 e. The van der Waals surface area contributed by atoms with Crippen LogP contribution >= 0.6 is 0 Å². The quantitative estimate of drug-likeness (QED) is 0.750. The van der Waals surface area contributed by atoms with Crippen molar-refractivity contribution in [2.24, 2.45) is 5.92 Å². The van der Waals surface area contributed by atoms with Crippen LogP contribution in [0.2, 0.25) is 0 Å². The summed E-state index contributed by atoms with van der Waals surface area (Å²) < 4.78 is 0. The second-order valence-corrected chi connectivity index (χ2v) is 7.88. The van der Waals surface area contributed by atoms with E-state index in [4.69, 9.17) is 0 Å². The summed E-state index contributed by atoms with van der Waals surface area (Å²) in [6.45, 7) is 3.51. The molecule has 2 atom stereocenters. The van der Waals surface area contributed by atoms with Gasteiger partial charge in [-0.05, 0) is 44.4 Å². The van der Waals surface area contributed by atoms with Crippen LogP contribution in [0.15, 0.2) is 6.20 Å². The van der Waals surface area contributed by atoms with Gasteiger partial charge in [-0.3, -0.25) is 14.5 Å². The van der Waals surface area contributed by atoms with Crippen molar-refractivity contribution >= 4 is 11.8 Å². The summed E-state index contributed by atoms with van der Waals surface area (Å²) >= 11 is 0. The first kappa shape index (κ1) is 17.5. The minimum absolute atomic E-state index is 0.193. The Kier molecular flexibility index (Phi) is 5.19. The van der Waals surface area contributed by atoms with Crippen LogP contribution in [0.25, 0.3) is 0 Å². The molecule has 2 N–H and O–H groups in total. The highest BCUT2D eigenvalue weighted by atomic mass is 16.2. The molecule has 3 aliphatic rings. The van der Waals surface area contributed by atoms with Gasteiger partial charge in [-0.2, -0.15) is 15.4 Å². The molecule has 8 nitrogen and oxygen atoms in total. The molecule has 0 radical (unpaired) electrons. The molecule has 0 aromatic carbocycles. The smallest absolute Gasteiger partial charge is 0.273 e. The number of H-pyrrole nitrogens is 1. The van der Waals surface area contributed by atoms with E-state index in [1.165, 1.54) is 19.0 Å². The van der Waals surface area contributed by atoms with Gasteiger partial charge in [-0.1, -0.05) is 0 Å². The first-order valence-electron chi connectivity index (χ1n) is 9.88. The molecule has 26 heavy (non-hydrogen) atoms. The second-order valence-electron chi connectivity index (χ2n) is 7.88. The average molecular weight is 360 g/mol. The van der Waals surface area contributed by atoms with E-state index in [1.807, 2.05) is 4.90 Å².